The van der Waals surface area contributed by atoms with Crippen LogP contribution in [0.15, 0.2) is 18.2 Å². The van der Waals surface area contributed by atoms with Gasteiger partial charge in [0.1, 0.15) is 0 Å². The number of nitrogens with two attached hydrogens (primary N) is 1. The predicted molar refractivity (Wildman–Crippen MR) is 80.5 cm³/mol. The molecule has 0 spiro atoms. The Bertz CT molecular complexity index is 477. The molecule has 5 heteroatoms. The summed E-state index contributed by atoms with van der Waals surface area (Å²) in [7, 11) is 0. The van der Waals surface area contributed by atoms with Crippen molar-refractivity contribution in [3.05, 3.63) is 34.9 Å². The summed E-state index contributed by atoms with van der Waals surface area (Å²) in [5.41, 5.74) is 9.04. The van der Waals surface area contributed by atoms with Crippen molar-refractivity contribution in [3.8, 4) is 0 Å². The number of carbonyl (C=O) groups excluding carboxylic acids is 1. The Morgan fingerprint density at radius 2 is 2.05 bits per heavy atom. The zero-order chi connectivity index (χ0) is 15.1. The lowest BCUT2D eigenvalue weighted by atomic mass is 9.98. The topological polar surface area (TPSA) is 75.8 Å². The van der Waals surface area contributed by atoms with Gasteiger partial charge >= 0.3 is 6.09 Å². The van der Waals surface area contributed by atoms with Gasteiger partial charge in [0.15, 0.2) is 0 Å². The molecule has 1 heterocycles. The molecule has 5 nitrogen and oxygen atoms in total. The van der Waals surface area contributed by atoms with E-state index in [0.29, 0.717) is 6.61 Å². The van der Waals surface area contributed by atoms with Gasteiger partial charge in [-0.1, -0.05) is 31.0 Å². The van der Waals surface area contributed by atoms with E-state index in [4.69, 9.17) is 10.5 Å². The van der Waals surface area contributed by atoms with Gasteiger partial charge in [0.2, 0.25) is 0 Å². The molecule has 0 saturated heterocycles. The standard InChI is InChI=1S/C16H24N2O3/c17-16(20)21-9-4-2-1-3-6-13-7-5-8-14-10-18(12-19)11-15(13)14/h5,7-8,19H,1-4,6,9-12H2,(H2,17,20). The van der Waals surface area contributed by atoms with E-state index in [1.54, 1.807) is 0 Å². The smallest absolute Gasteiger partial charge is 0.404 e. The van der Waals surface area contributed by atoms with Crippen molar-refractivity contribution in [1.82, 2.24) is 4.90 Å². The summed E-state index contributed by atoms with van der Waals surface area (Å²) in [5, 5.41) is 9.25. The number of fused-ring (bicyclic) bond motifs is 1. The Kier molecular flexibility index (Phi) is 6.02. The highest BCUT2D eigenvalue weighted by molar-refractivity contribution is 5.64. The quantitative estimate of drug-likeness (QED) is 0.720. The van der Waals surface area contributed by atoms with Crippen LogP contribution in [0.1, 0.15) is 42.4 Å². The Labute approximate surface area is 125 Å². The molecular weight excluding hydrogens is 268 g/mol. The summed E-state index contributed by atoms with van der Waals surface area (Å²) in [6.07, 6.45) is 4.54. The van der Waals surface area contributed by atoms with Crippen molar-refractivity contribution in [2.75, 3.05) is 13.3 Å². The zero-order valence-electron chi connectivity index (χ0n) is 12.4. The van der Waals surface area contributed by atoms with E-state index in [2.05, 4.69) is 18.2 Å². The van der Waals surface area contributed by atoms with Gasteiger partial charge in [0.05, 0.1) is 13.3 Å². The number of aliphatic hydroxyl groups excluding tert-OH is 1. The summed E-state index contributed by atoms with van der Waals surface area (Å²) in [6, 6.07) is 6.45. The highest BCUT2D eigenvalue weighted by atomic mass is 16.5. The fourth-order valence-corrected chi connectivity index (χ4v) is 2.84. The van der Waals surface area contributed by atoms with Crippen LogP contribution in [0.25, 0.3) is 0 Å². The van der Waals surface area contributed by atoms with Crippen LogP contribution in [0.2, 0.25) is 0 Å². The second-order valence-corrected chi connectivity index (χ2v) is 5.51. The second kappa shape index (κ2) is 8.00. The van der Waals surface area contributed by atoms with E-state index in [1.165, 1.54) is 16.7 Å². The summed E-state index contributed by atoms with van der Waals surface area (Å²) in [6.45, 7) is 2.24. The van der Waals surface area contributed by atoms with Gasteiger partial charge in [-0.25, -0.2) is 4.79 Å². The van der Waals surface area contributed by atoms with Gasteiger partial charge in [-0.2, -0.15) is 0 Å². The van der Waals surface area contributed by atoms with Crippen molar-refractivity contribution in [3.63, 3.8) is 0 Å². The lowest BCUT2D eigenvalue weighted by Crippen LogP contribution is -2.16. The molecule has 0 radical (unpaired) electrons. The summed E-state index contributed by atoms with van der Waals surface area (Å²) >= 11 is 0. The van der Waals surface area contributed by atoms with Gasteiger partial charge in [-0.15, -0.1) is 0 Å². The monoisotopic (exact) mass is 292 g/mol. The molecule has 1 aromatic carbocycles. The van der Waals surface area contributed by atoms with Crippen LogP contribution in [-0.2, 0) is 24.2 Å². The molecule has 0 aliphatic carbocycles. The molecule has 21 heavy (non-hydrogen) atoms. The number of unbranched alkanes of at least 4 members (excludes halogenated alkanes) is 3. The number of nitrogens with zero attached hydrogens (tertiary/aromatic N) is 1. The third-order valence-electron chi connectivity index (χ3n) is 3.93. The maximum Gasteiger partial charge on any atom is 0.404 e. The normalized spacial score (nSPS) is 14.1. The van der Waals surface area contributed by atoms with Gasteiger partial charge in [-0.3, -0.25) is 4.90 Å². The molecule has 0 bridgehead atoms. The lowest BCUT2D eigenvalue weighted by molar-refractivity contribution is 0.106. The van der Waals surface area contributed by atoms with Crippen LogP contribution >= 0.6 is 0 Å². The average molecular weight is 292 g/mol. The molecule has 0 saturated carbocycles. The second-order valence-electron chi connectivity index (χ2n) is 5.51. The van der Waals surface area contributed by atoms with E-state index in [-0.39, 0.29) is 6.73 Å². The number of hydrogen-bond donors (Lipinski definition) is 2. The van der Waals surface area contributed by atoms with Crippen LogP contribution < -0.4 is 5.73 Å². The maximum atomic E-state index is 10.4. The number of amides is 1. The van der Waals surface area contributed by atoms with Crippen molar-refractivity contribution >= 4 is 6.09 Å². The van der Waals surface area contributed by atoms with Crippen molar-refractivity contribution in [2.24, 2.45) is 5.73 Å². The van der Waals surface area contributed by atoms with Crippen LogP contribution in [0.4, 0.5) is 4.79 Å². The largest absolute Gasteiger partial charge is 0.450 e. The van der Waals surface area contributed by atoms with Crippen LogP contribution in [-0.4, -0.2) is 29.4 Å². The molecule has 3 N–H and O–H groups in total. The van der Waals surface area contributed by atoms with E-state index in [1.807, 2.05) is 4.90 Å². The Morgan fingerprint density at radius 1 is 1.24 bits per heavy atom. The molecule has 2 rings (SSSR count). The minimum atomic E-state index is -0.691. The van der Waals surface area contributed by atoms with Gasteiger partial charge in [0, 0.05) is 13.1 Å². The molecule has 1 aliphatic heterocycles. The minimum Gasteiger partial charge on any atom is -0.450 e. The highest BCUT2D eigenvalue weighted by Crippen LogP contribution is 2.26. The molecule has 0 fully saturated rings. The van der Waals surface area contributed by atoms with Crippen molar-refractivity contribution in [1.29, 1.82) is 0 Å². The first-order valence-electron chi connectivity index (χ1n) is 7.56. The molecule has 0 unspecified atom stereocenters. The molecule has 1 aliphatic rings. The van der Waals surface area contributed by atoms with Gasteiger partial charge in [0.25, 0.3) is 0 Å². The molecule has 1 amide bonds. The third kappa shape index (κ3) is 4.72. The van der Waals surface area contributed by atoms with Crippen LogP contribution in [0.5, 0.6) is 0 Å². The summed E-state index contributed by atoms with van der Waals surface area (Å²) in [4.78, 5) is 12.4. The summed E-state index contributed by atoms with van der Waals surface area (Å²) in [5.74, 6) is 0. The summed E-state index contributed by atoms with van der Waals surface area (Å²) < 4.78 is 4.70. The fourth-order valence-electron chi connectivity index (χ4n) is 2.84. The van der Waals surface area contributed by atoms with Gasteiger partial charge in [-0.05, 0) is 36.0 Å². The minimum absolute atomic E-state index is 0.119. The van der Waals surface area contributed by atoms with Crippen molar-refractivity contribution < 1.29 is 14.6 Å². The van der Waals surface area contributed by atoms with E-state index >= 15 is 0 Å². The first kappa shape index (κ1) is 15.8. The number of benzene rings is 1. The highest BCUT2D eigenvalue weighted by Gasteiger charge is 2.20. The lowest BCUT2D eigenvalue weighted by Gasteiger charge is -2.10. The average Bonchev–Trinajstić information content (AvgIpc) is 2.90. The van der Waals surface area contributed by atoms with Crippen molar-refractivity contribution in [2.45, 2.75) is 45.2 Å². The number of aliphatic hydroxyl groups is 1. The fraction of sp³-hybridized carbons (Fsp3) is 0.562. The molecular formula is C16H24N2O3. The number of carbonyl (C=O) groups is 1. The number of aryl methyl sites for hydroxylation is 1. The molecule has 0 atom stereocenters. The Hall–Kier alpha value is -1.59. The molecule has 0 aromatic heterocycles. The van der Waals surface area contributed by atoms with E-state index in [9.17, 15) is 9.90 Å². The number of hydrogen-bond acceptors (Lipinski definition) is 4. The predicted octanol–water partition coefficient (Wildman–Crippen LogP) is 2.15. The third-order valence-corrected chi connectivity index (χ3v) is 3.93. The number of ether oxygens (including phenoxy) is 1. The van der Waals surface area contributed by atoms with Crippen LogP contribution in [0.3, 0.4) is 0 Å². The van der Waals surface area contributed by atoms with Crippen LogP contribution in [0, 0.1) is 0 Å². The first-order valence-corrected chi connectivity index (χ1v) is 7.56. The van der Waals surface area contributed by atoms with Gasteiger partial charge < -0.3 is 15.6 Å². The maximum absolute atomic E-state index is 10.4. The number of rotatable bonds is 8. The van der Waals surface area contributed by atoms with E-state index in [0.717, 1.165) is 45.2 Å². The number of primary amides is 1. The molecule has 116 valence electrons. The Balaban J connectivity index is 1.70. The SMILES string of the molecule is NC(=O)OCCCCCCc1cccc2c1CN(CO)C2. The zero-order valence-corrected chi connectivity index (χ0v) is 12.4. The van der Waals surface area contributed by atoms with E-state index < -0.39 is 6.09 Å². The first-order chi connectivity index (χ1) is 10.2. The Morgan fingerprint density at radius 3 is 2.81 bits per heavy atom. The molecule has 1 aromatic rings.